The highest BCUT2D eigenvalue weighted by atomic mass is 16.5. The number of hydrogen-bond acceptors (Lipinski definition) is 9. The molecule has 0 aliphatic carbocycles. The van der Waals surface area contributed by atoms with Gasteiger partial charge in [0.05, 0.1) is 12.2 Å². The number of carboxylic acid groups (broad SMARTS) is 1. The number of aliphatic hydroxyl groups is 2. The first-order valence-electron chi connectivity index (χ1n) is 9.50. The number of fused-ring (bicyclic) bond motifs is 1. The van der Waals surface area contributed by atoms with Crippen molar-refractivity contribution in [2.45, 2.75) is 44.6 Å². The third-order valence-corrected chi connectivity index (χ3v) is 5.13. The van der Waals surface area contributed by atoms with Crippen molar-refractivity contribution in [3.63, 3.8) is 0 Å². The van der Waals surface area contributed by atoms with Gasteiger partial charge in [-0.05, 0) is 24.6 Å². The molecule has 10 nitrogen and oxygen atoms in total. The van der Waals surface area contributed by atoms with Crippen molar-refractivity contribution in [1.29, 1.82) is 0 Å². The van der Waals surface area contributed by atoms with E-state index in [2.05, 4.69) is 0 Å². The van der Waals surface area contributed by atoms with Gasteiger partial charge in [0, 0.05) is 30.0 Å². The average Bonchev–Trinajstić information content (AvgIpc) is 2.69. The number of carbonyl (C=O) groups is 1. The van der Waals surface area contributed by atoms with E-state index in [1.165, 1.54) is 37.3 Å². The first-order valence-corrected chi connectivity index (χ1v) is 9.50. The van der Waals surface area contributed by atoms with Gasteiger partial charge in [-0.1, -0.05) is 13.0 Å². The van der Waals surface area contributed by atoms with Crippen molar-refractivity contribution >= 4 is 5.97 Å². The zero-order chi connectivity index (χ0) is 23.5. The van der Waals surface area contributed by atoms with E-state index < -0.39 is 36.2 Å². The van der Waals surface area contributed by atoms with Crippen LogP contribution < -0.4 is 10.5 Å². The Bertz CT molecular complexity index is 931. The molecule has 0 spiro atoms. The normalized spacial score (nSPS) is 20.3. The molecule has 0 radical (unpaired) electrons. The van der Waals surface area contributed by atoms with Gasteiger partial charge in [0.1, 0.15) is 29.4 Å². The fraction of sp³-hybridized carbons (Fsp3) is 0.381. The van der Waals surface area contributed by atoms with Gasteiger partial charge in [-0.25, -0.2) is 0 Å². The molecule has 0 amide bonds. The van der Waals surface area contributed by atoms with Gasteiger partial charge in [-0.2, -0.15) is 0 Å². The van der Waals surface area contributed by atoms with E-state index in [0.717, 1.165) is 0 Å². The highest BCUT2D eigenvalue weighted by Crippen LogP contribution is 2.42. The number of hydrogen-bond donors (Lipinski definition) is 8. The number of carboxylic acids is 1. The van der Waals surface area contributed by atoms with Gasteiger partial charge in [0.2, 0.25) is 0 Å². The summed E-state index contributed by atoms with van der Waals surface area (Å²) >= 11 is 0. The first kappa shape index (κ1) is 24.1. The van der Waals surface area contributed by atoms with Crippen LogP contribution in [0.4, 0.5) is 0 Å². The third-order valence-electron chi connectivity index (χ3n) is 5.13. The van der Waals surface area contributed by atoms with E-state index in [-0.39, 0.29) is 35.2 Å². The van der Waals surface area contributed by atoms with Crippen LogP contribution in [0.5, 0.6) is 28.7 Å². The quantitative estimate of drug-likeness (QED) is 0.319. The average molecular weight is 437 g/mol. The molecule has 3 unspecified atom stereocenters. The summed E-state index contributed by atoms with van der Waals surface area (Å²) in [6, 6.07) is 5.69. The number of phenols is 4. The minimum atomic E-state index is -1.08. The van der Waals surface area contributed by atoms with Gasteiger partial charge in [-0.3, -0.25) is 4.79 Å². The summed E-state index contributed by atoms with van der Waals surface area (Å²) < 4.78 is 5.62. The molecule has 2 aromatic carbocycles. The maximum atomic E-state index is 10.2. The molecule has 5 atom stereocenters. The Kier molecular flexibility index (Phi) is 7.55. The molecular weight excluding hydrogens is 410 g/mol. The highest BCUT2D eigenvalue weighted by Gasteiger charge is 2.32. The molecule has 0 saturated heterocycles. The smallest absolute Gasteiger partial charge is 0.320 e. The Hall–Kier alpha value is -3.21. The van der Waals surface area contributed by atoms with Crippen molar-refractivity contribution < 1.29 is 45.3 Å². The summed E-state index contributed by atoms with van der Waals surface area (Å²) in [7, 11) is 0. The molecule has 1 aliphatic rings. The zero-order valence-corrected chi connectivity index (χ0v) is 17.0. The number of nitrogens with two attached hydrogens (primary N) is 1. The standard InChI is InChI=1S/C15H14O6.C6H13NO3/c16-8-4-11(18)9-6-13(20)15(21-14(9)5-8)7-1-2-10(17)12(19)3-7;1-3(4(2)8)5(7)6(9)10/h1-5,13,15-20H,6H2;3-5,8H,7H2,1-2H3,(H,9,10)/t13-,15+;/m0./s1. The number of phenolic OH excluding ortho intramolecular Hbond substituents is 4. The molecule has 0 bridgehead atoms. The lowest BCUT2D eigenvalue weighted by molar-refractivity contribution is -0.140. The maximum Gasteiger partial charge on any atom is 0.320 e. The summed E-state index contributed by atoms with van der Waals surface area (Å²) in [5, 5.41) is 65.6. The third kappa shape index (κ3) is 5.69. The Balaban J connectivity index is 0.000000291. The lowest BCUT2D eigenvalue weighted by Gasteiger charge is -2.31. The monoisotopic (exact) mass is 437 g/mol. The van der Waals surface area contributed by atoms with Gasteiger partial charge in [0.15, 0.2) is 11.5 Å². The highest BCUT2D eigenvalue weighted by molar-refractivity contribution is 5.73. The molecule has 0 aromatic heterocycles. The van der Waals surface area contributed by atoms with E-state index in [9.17, 15) is 30.3 Å². The van der Waals surface area contributed by atoms with E-state index in [1.54, 1.807) is 6.92 Å². The van der Waals surface area contributed by atoms with E-state index in [4.69, 9.17) is 20.7 Å². The first-order chi connectivity index (χ1) is 14.4. The van der Waals surface area contributed by atoms with Crippen molar-refractivity contribution in [2.24, 2.45) is 11.7 Å². The van der Waals surface area contributed by atoms with Gasteiger partial charge < -0.3 is 46.2 Å². The molecule has 1 aliphatic heterocycles. The van der Waals surface area contributed by atoms with Crippen molar-refractivity contribution in [2.75, 3.05) is 0 Å². The minimum Gasteiger partial charge on any atom is -0.508 e. The van der Waals surface area contributed by atoms with Gasteiger partial charge >= 0.3 is 5.97 Å². The zero-order valence-electron chi connectivity index (χ0n) is 17.0. The minimum absolute atomic E-state index is 0.143. The molecule has 1 heterocycles. The predicted molar refractivity (Wildman–Crippen MR) is 109 cm³/mol. The SMILES string of the molecule is CC(O)C(C)C(N)C(=O)O.Oc1cc(O)c2c(c1)O[C@H](c1ccc(O)c(O)c1)[C@@H](O)C2. The van der Waals surface area contributed by atoms with Crippen molar-refractivity contribution in [3.8, 4) is 28.7 Å². The number of benzene rings is 2. The number of rotatable bonds is 4. The van der Waals surface area contributed by atoms with Gasteiger partial charge in [0.25, 0.3) is 0 Å². The lowest BCUT2D eigenvalue weighted by atomic mass is 9.94. The number of aliphatic hydroxyl groups excluding tert-OH is 2. The molecule has 3 rings (SSSR count). The Labute approximate surface area is 178 Å². The molecule has 170 valence electrons. The summed E-state index contributed by atoms with van der Waals surface area (Å²) in [5.41, 5.74) is 6.10. The molecule has 0 saturated carbocycles. The maximum absolute atomic E-state index is 10.2. The molecular formula is C21H27NO9. The largest absolute Gasteiger partial charge is 0.508 e. The van der Waals surface area contributed by atoms with Crippen LogP contribution in [-0.2, 0) is 11.2 Å². The lowest BCUT2D eigenvalue weighted by Crippen LogP contribution is -2.41. The van der Waals surface area contributed by atoms with Crippen LogP contribution in [0, 0.1) is 5.92 Å². The van der Waals surface area contributed by atoms with Crippen LogP contribution in [-0.4, -0.2) is 60.0 Å². The summed E-state index contributed by atoms with van der Waals surface area (Å²) in [6.45, 7) is 3.12. The Morgan fingerprint density at radius 2 is 1.71 bits per heavy atom. The second-order valence-electron chi connectivity index (χ2n) is 7.46. The van der Waals surface area contributed by atoms with Crippen LogP contribution in [0.2, 0.25) is 0 Å². The summed E-state index contributed by atoms with van der Waals surface area (Å²) in [5.74, 6) is -2.07. The number of ether oxygens (including phenoxy) is 1. The number of aliphatic carboxylic acids is 1. The summed E-state index contributed by atoms with van der Waals surface area (Å²) in [6.07, 6.45) is -2.23. The van der Waals surface area contributed by atoms with Crippen LogP contribution >= 0.6 is 0 Å². The molecule has 2 aromatic rings. The molecule has 10 heteroatoms. The molecule has 31 heavy (non-hydrogen) atoms. The van der Waals surface area contributed by atoms with Crippen LogP contribution in [0.1, 0.15) is 31.1 Å². The second kappa shape index (κ2) is 9.73. The molecule has 0 fully saturated rings. The topological polar surface area (TPSA) is 194 Å². The second-order valence-corrected chi connectivity index (χ2v) is 7.46. The van der Waals surface area contributed by atoms with Gasteiger partial charge in [-0.15, -0.1) is 0 Å². The van der Waals surface area contributed by atoms with E-state index in [1.807, 2.05) is 0 Å². The fourth-order valence-corrected chi connectivity index (χ4v) is 2.99. The fourth-order valence-electron chi connectivity index (χ4n) is 2.99. The molecule has 9 N–H and O–H groups in total. The Morgan fingerprint density at radius 3 is 2.23 bits per heavy atom. The van der Waals surface area contributed by atoms with E-state index in [0.29, 0.717) is 11.1 Å². The Morgan fingerprint density at radius 1 is 1.06 bits per heavy atom. The van der Waals surface area contributed by atoms with Crippen LogP contribution in [0.3, 0.4) is 0 Å². The number of aromatic hydroxyl groups is 4. The van der Waals surface area contributed by atoms with Crippen molar-refractivity contribution in [1.82, 2.24) is 0 Å². The predicted octanol–water partition coefficient (Wildman–Crippen LogP) is 0.961. The summed E-state index contributed by atoms with van der Waals surface area (Å²) in [4.78, 5) is 10.2. The van der Waals surface area contributed by atoms with E-state index >= 15 is 0 Å². The van der Waals surface area contributed by atoms with Crippen LogP contribution in [0.25, 0.3) is 0 Å². The van der Waals surface area contributed by atoms with Crippen molar-refractivity contribution in [3.05, 3.63) is 41.5 Å². The van der Waals surface area contributed by atoms with Crippen LogP contribution in [0.15, 0.2) is 30.3 Å².